The Bertz CT molecular complexity index is 1130. The van der Waals surface area contributed by atoms with Crippen molar-refractivity contribution in [3.63, 3.8) is 0 Å². The Hall–Kier alpha value is -2.47. The molecule has 3 aromatic carbocycles. The maximum absolute atomic E-state index is 13.6. The number of hydrogen-bond donors (Lipinski definition) is 1. The number of benzene rings is 3. The molecule has 0 aliphatic carbocycles. The van der Waals surface area contributed by atoms with Crippen LogP contribution < -0.4 is 5.32 Å². The Labute approximate surface area is 228 Å². The van der Waals surface area contributed by atoms with E-state index in [2.05, 4.69) is 19.2 Å². The van der Waals surface area contributed by atoms with Crippen LogP contribution in [-0.2, 0) is 28.3 Å². The topological polar surface area (TPSA) is 49.4 Å². The smallest absolute Gasteiger partial charge is 0.243 e. The Balaban J connectivity index is 1.82. The molecule has 3 aromatic rings. The van der Waals surface area contributed by atoms with Gasteiger partial charge >= 0.3 is 0 Å². The number of halogens is 2. The van der Waals surface area contributed by atoms with E-state index in [4.69, 9.17) is 23.2 Å². The molecular weight excluding hydrogens is 511 g/mol. The van der Waals surface area contributed by atoms with E-state index in [0.717, 1.165) is 16.7 Å². The normalized spacial score (nSPS) is 11.8. The van der Waals surface area contributed by atoms with Crippen molar-refractivity contribution in [2.45, 2.75) is 38.6 Å². The average molecular weight is 544 g/mol. The standard InChI is InChI=1S/C29H32Cl2N2O2S/c1-21(2)17-32-29(35)27(15-22-9-5-3-6-10-22)33(18-23-11-7-4-8-12-23)28(34)20-36-19-24-13-14-25(30)16-26(24)31/h3-14,16,21,27H,15,17-20H2,1-2H3,(H,32,35). The van der Waals surface area contributed by atoms with E-state index in [9.17, 15) is 9.59 Å². The molecule has 0 saturated carbocycles. The molecule has 1 atom stereocenters. The summed E-state index contributed by atoms with van der Waals surface area (Å²) in [7, 11) is 0. The largest absolute Gasteiger partial charge is 0.354 e. The molecule has 0 radical (unpaired) electrons. The van der Waals surface area contributed by atoms with Gasteiger partial charge in [0.15, 0.2) is 0 Å². The number of rotatable bonds is 12. The Morgan fingerprint density at radius 3 is 2.17 bits per heavy atom. The second kappa shape index (κ2) is 14.3. The summed E-state index contributed by atoms with van der Waals surface area (Å²) < 4.78 is 0. The molecule has 190 valence electrons. The van der Waals surface area contributed by atoms with Crippen molar-refractivity contribution in [2.24, 2.45) is 5.92 Å². The molecule has 0 saturated heterocycles. The summed E-state index contributed by atoms with van der Waals surface area (Å²) >= 11 is 13.8. The summed E-state index contributed by atoms with van der Waals surface area (Å²) in [5.74, 6) is 0.889. The summed E-state index contributed by atoms with van der Waals surface area (Å²) in [5, 5.41) is 4.21. The van der Waals surface area contributed by atoms with Crippen molar-refractivity contribution >= 4 is 46.8 Å². The van der Waals surface area contributed by atoms with E-state index >= 15 is 0 Å². The predicted octanol–water partition coefficient (Wildman–Crippen LogP) is 6.64. The maximum Gasteiger partial charge on any atom is 0.243 e. The van der Waals surface area contributed by atoms with Gasteiger partial charge in [-0.05, 0) is 34.7 Å². The number of nitrogens with one attached hydrogen (secondary N) is 1. The molecule has 0 fully saturated rings. The average Bonchev–Trinajstić information content (AvgIpc) is 2.87. The number of carbonyl (C=O) groups excluding carboxylic acids is 2. The Morgan fingerprint density at radius 1 is 0.917 bits per heavy atom. The number of carbonyl (C=O) groups is 2. The molecule has 0 bridgehead atoms. The fourth-order valence-electron chi connectivity index (χ4n) is 3.73. The molecule has 36 heavy (non-hydrogen) atoms. The molecule has 4 nitrogen and oxygen atoms in total. The minimum Gasteiger partial charge on any atom is -0.354 e. The quantitative estimate of drug-likeness (QED) is 0.279. The molecular formula is C29H32Cl2N2O2S. The molecule has 2 amide bonds. The third-order valence-corrected chi connectivity index (χ3v) is 7.20. The molecule has 1 unspecified atom stereocenters. The first kappa shape index (κ1) is 28.1. The summed E-state index contributed by atoms with van der Waals surface area (Å²) in [6.07, 6.45) is 0.441. The van der Waals surface area contributed by atoms with E-state index in [1.165, 1.54) is 11.8 Å². The fourth-order valence-corrected chi connectivity index (χ4v) is 5.20. The van der Waals surface area contributed by atoms with Crippen LogP contribution in [0, 0.1) is 5.92 Å². The van der Waals surface area contributed by atoms with Gasteiger partial charge in [-0.3, -0.25) is 9.59 Å². The van der Waals surface area contributed by atoms with Crippen LogP contribution in [0.5, 0.6) is 0 Å². The van der Waals surface area contributed by atoms with Crippen molar-refractivity contribution in [1.82, 2.24) is 10.2 Å². The fraction of sp³-hybridized carbons (Fsp3) is 0.310. The lowest BCUT2D eigenvalue weighted by atomic mass is 10.0. The van der Waals surface area contributed by atoms with Crippen molar-refractivity contribution in [3.8, 4) is 0 Å². The zero-order valence-corrected chi connectivity index (χ0v) is 23.0. The zero-order valence-electron chi connectivity index (χ0n) is 20.6. The molecule has 0 aromatic heterocycles. The Kier molecular flexibility index (Phi) is 11.2. The van der Waals surface area contributed by atoms with Crippen molar-refractivity contribution < 1.29 is 9.59 Å². The van der Waals surface area contributed by atoms with Crippen molar-refractivity contribution in [3.05, 3.63) is 106 Å². The lowest BCUT2D eigenvalue weighted by Gasteiger charge is -2.32. The van der Waals surface area contributed by atoms with Crippen LogP contribution >= 0.6 is 35.0 Å². The lowest BCUT2D eigenvalue weighted by molar-refractivity contribution is -0.139. The van der Waals surface area contributed by atoms with Crippen LogP contribution in [0.4, 0.5) is 0 Å². The molecule has 0 heterocycles. The first-order valence-electron chi connectivity index (χ1n) is 12.0. The van der Waals surface area contributed by atoms with Gasteiger partial charge in [-0.15, -0.1) is 11.8 Å². The van der Waals surface area contributed by atoms with Crippen molar-refractivity contribution in [1.29, 1.82) is 0 Å². The second-order valence-electron chi connectivity index (χ2n) is 9.08. The predicted molar refractivity (Wildman–Crippen MR) is 151 cm³/mol. The van der Waals surface area contributed by atoms with E-state index in [1.807, 2.05) is 66.7 Å². The van der Waals surface area contributed by atoms with Gasteiger partial charge in [0.05, 0.1) is 5.75 Å². The summed E-state index contributed by atoms with van der Waals surface area (Å²) in [4.78, 5) is 28.8. The van der Waals surface area contributed by atoms with Crippen LogP contribution in [0.25, 0.3) is 0 Å². The molecule has 0 spiro atoms. The molecule has 3 rings (SSSR count). The van der Waals surface area contributed by atoms with Crippen LogP contribution in [0.15, 0.2) is 78.9 Å². The number of amides is 2. The van der Waals surface area contributed by atoms with Gasteiger partial charge in [-0.25, -0.2) is 0 Å². The van der Waals surface area contributed by atoms with E-state index in [0.29, 0.717) is 41.2 Å². The molecule has 0 aliphatic heterocycles. The second-order valence-corrected chi connectivity index (χ2v) is 10.9. The third kappa shape index (κ3) is 8.88. The minimum absolute atomic E-state index is 0.0884. The van der Waals surface area contributed by atoms with Crippen LogP contribution in [-0.4, -0.2) is 35.1 Å². The summed E-state index contributed by atoms with van der Waals surface area (Å²) in [5.41, 5.74) is 2.91. The summed E-state index contributed by atoms with van der Waals surface area (Å²) in [6, 6.07) is 24.4. The van der Waals surface area contributed by atoms with Crippen LogP contribution in [0.2, 0.25) is 10.0 Å². The zero-order chi connectivity index (χ0) is 25.9. The van der Waals surface area contributed by atoms with Gasteiger partial charge in [0.25, 0.3) is 0 Å². The molecule has 1 N–H and O–H groups in total. The van der Waals surface area contributed by atoms with Gasteiger partial charge in [0.1, 0.15) is 6.04 Å². The van der Waals surface area contributed by atoms with E-state index < -0.39 is 6.04 Å². The highest BCUT2D eigenvalue weighted by Crippen LogP contribution is 2.25. The monoisotopic (exact) mass is 542 g/mol. The first-order valence-corrected chi connectivity index (χ1v) is 13.9. The third-order valence-electron chi connectivity index (χ3n) is 5.65. The van der Waals surface area contributed by atoms with Gasteiger partial charge in [-0.1, -0.05) is 104 Å². The lowest BCUT2D eigenvalue weighted by Crippen LogP contribution is -2.51. The molecule has 0 aliphatic rings. The Morgan fingerprint density at radius 2 is 1.56 bits per heavy atom. The van der Waals surface area contributed by atoms with Gasteiger partial charge < -0.3 is 10.2 Å². The highest BCUT2D eigenvalue weighted by Gasteiger charge is 2.30. The number of nitrogens with zero attached hydrogens (tertiary/aromatic N) is 1. The van der Waals surface area contributed by atoms with Gasteiger partial charge in [-0.2, -0.15) is 0 Å². The maximum atomic E-state index is 13.6. The number of hydrogen-bond acceptors (Lipinski definition) is 3. The van der Waals surface area contributed by atoms with Gasteiger partial charge in [0, 0.05) is 35.3 Å². The van der Waals surface area contributed by atoms with Gasteiger partial charge in [0.2, 0.25) is 11.8 Å². The van der Waals surface area contributed by atoms with Crippen LogP contribution in [0.1, 0.15) is 30.5 Å². The minimum atomic E-state index is -0.626. The highest BCUT2D eigenvalue weighted by atomic mass is 35.5. The summed E-state index contributed by atoms with van der Waals surface area (Å²) in [6.45, 7) is 5.02. The molecule has 7 heteroatoms. The van der Waals surface area contributed by atoms with E-state index in [1.54, 1.807) is 17.0 Å². The van der Waals surface area contributed by atoms with E-state index in [-0.39, 0.29) is 17.6 Å². The highest BCUT2D eigenvalue weighted by molar-refractivity contribution is 7.99. The van der Waals surface area contributed by atoms with Crippen LogP contribution in [0.3, 0.4) is 0 Å². The first-order chi connectivity index (χ1) is 17.3. The SMILES string of the molecule is CC(C)CNC(=O)C(Cc1ccccc1)N(Cc1ccccc1)C(=O)CSCc1ccc(Cl)cc1Cl. The number of thioether (sulfide) groups is 1. The van der Waals surface area contributed by atoms with Crippen molar-refractivity contribution in [2.75, 3.05) is 12.3 Å².